The third kappa shape index (κ3) is 7.43. The van der Waals surface area contributed by atoms with Crippen molar-refractivity contribution in [2.75, 3.05) is 39.3 Å². The molecule has 0 atom stereocenters. The van der Waals surface area contributed by atoms with Gasteiger partial charge in [0.25, 0.3) is 0 Å². The lowest BCUT2D eigenvalue weighted by atomic mass is 9.92. The van der Waals surface area contributed by atoms with Crippen LogP contribution in [0, 0.1) is 0 Å². The van der Waals surface area contributed by atoms with E-state index in [9.17, 15) is 4.79 Å². The highest BCUT2D eigenvalue weighted by Gasteiger charge is 2.23. The molecule has 6 nitrogen and oxygen atoms in total. The van der Waals surface area contributed by atoms with E-state index in [2.05, 4.69) is 66.1 Å². The maximum atomic E-state index is 11.9. The molecular formula is C21H37N5OS. The second kappa shape index (κ2) is 11.4. The van der Waals surface area contributed by atoms with E-state index in [0.29, 0.717) is 12.6 Å². The molecule has 1 amide bonds. The van der Waals surface area contributed by atoms with Gasteiger partial charge in [0.05, 0.1) is 13.1 Å². The summed E-state index contributed by atoms with van der Waals surface area (Å²) in [6, 6.07) is 4.69. The second-order valence-electron chi connectivity index (χ2n) is 8.10. The lowest BCUT2D eigenvalue weighted by molar-refractivity contribution is -0.122. The predicted octanol–water partition coefficient (Wildman–Crippen LogP) is 2.57. The first kappa shape index (κ1) is 22.7. The molecule has 1 saturated heterocycles. The van der Waals surface area contributed by atoms with Crippen molar-refractivity contribution in [3.8, 4) is 0 Å². The lowest BCUT2D eigenvalue weighted by Crippen LogP contribution is -2.50. The van der Waals surface area contributed by atoms with Crippen molar-refractivity contribution >= 4 is 23.2 Å². The Bertz CT molecular complexity index is 606. The van der Waals surface area contributed by atoms with E-state index in [1.54, 1.807) is 11.3 Å². The van der Waals surface area contributed by atoms with Crippen LogP contribution >= 0.6 is 11.3 Å². The maximum Gasteiger partial charge on any atom is 0.234 e. The van der Waals surface area contributed by atoms with Gasteiger partial charge in [0, 0.05) is 42.5 Å². The summed E-state index contributed by atoms with van der Waals surface area (Å²) >= 11 is 1.79. The number of carbonyl (C=O) groups is 1. The van der Waals surface area contributed by atoms with E-state index < -0.39 is 0 Å². The normalized spacial score (nSPS) is 16.8. The molecule has 1 fully saturated rings. The third-order valence-electron chi connectivity index (χ3n) is 5.03. The van der Waals surface area contributed by atoms with Crippen LogP contribution in [0.3, 0.4) is 0 Å². The van der Waals surface area contributed by atoms with E-state index in [4.69, 9.17) is 4.99 Å². The molecule has 28 heavy (non-hydrogen) atoms. The summed E-state index contributed by atoms with van der Waals surface area (Å²) in [6.45, 7) is 13.4. The Labute approximate surface area is 174 Å². The molecule has 2 heterocycles. The standard InChI is InChI=1S/C21H37N5OS/c1-5-11-23-19(27)15-26-12-9-17(10-13-26)25-20(22-6-2)24-16-21(3,4)18-8-7-14-28-18/h7-8,14,17H,5-6,9-13,15-16H2,1-4H3,(H,23,27)(H2,22,24,25). The number of guanidine groups is 1. The van der Waals surface area contributed by atoms with Crippen LogP contribution in [0.2, 0.25) is 0 Å². The number of carbonyl (C=O) groups excluding carboxylic acids is 1. The summed E-state index contributed by atoms with van der Waals surface area (Å²) in [5.41, 5.74) is 0.0335. The summed E-state index contributed by atoms with van der Waals surface area (Å²) in [4.78, 5) is 20.4. The largest absolute Gasteiger partial charge is 0.357 e. The number of nitrogens with zero attached hydrogens (tertiary/aromatic N) is 2. The molecule has 0 unspecified atom stereocenters. The predicted molar refractivity (Wildman–Crippen MR) is 119 cm³/mol. The first-order valence-electron chi connectivity index (χ1n) is 10.5. The van der Waals surface area contributed by atoms with Crippen LogP contribution in [-0.2, 0) is 10.2 Å². The quantitative estimate of drug-likeness (QED) is 0.435. The van der Waals surface area contributed by atoms with Crippen LogP contribution in [0.4, 0.5) is 0 Å². The van der Waals surface area contributed by atoms with E-state index in [1.807, 2.05) is 0 Å². The number of nitrogens with one attached hydrogen (secondary N) is 3. The molecule has 3 N–H and O–H groups in total. The minimum atomic E-state index is 0.0335. The molecule has 0 bridgehead atoms. The SMILES string of the molecule is CCCNC(=O)CN1CCC(NC(=NCC(C)(C)c2cccs2)NCC)CC1. The Kier molecular flexibility index (Phi) is 9.25. The average Bonchev–Trinajstić information content (AvgIpc) is 3.22. The molecule has 1 aromatic heterocycles. The summed E-state index contributed by atoms with van der Waals surface area (Å²) in [5, 5.41) is 12.1. The third-order valence-corrected chi connectivity index (χ3v) is 6.27. The van der Waals surface area contributed by atoms with Crippen molar-refractivity contribution in [1.82, 2.24) is 20.9 Å². The van der Waals surface area contributed by atoms with Gasteiger partial charge < -0.3 is 16.0 Å². The fourth-order valence-corrected chi connectivity index (χ4v) is 4.13. The summed E-state index contributed by atoms with van der Waals surface area (Å²) in [6.07, 6.45) is 3.03. The molecule has 158 valence electrons. The highest BCUT2D eigenvalue weighted by Crippen LogP contribution is 2.27. The number of thiophene rings is 1. The molecule has 2 rings (SSSR count). The van der Waals surface area contributed by atoms with Crippen molar-refractivity contribution in [3.63, 3.8) is 0 Å². The number of amides is 1. The number of rotatable bonds is 9. The average molecular weight is 408 g/mol. The van der Waals surface area contributed by atoms with E-state index >= 15 is 0 Å². The van der Waals surface area contributed by atoms with Gasteiger partial charge in [-0.25, -0.2) is 0 Å². The number of piperidine rings is 1. The fourth-order valence-electron chi connectivity index (χ4n) is 3.29. The Morgan fingerprint density at radius 1 is 1.29 bits per heavy atom. The number of hydrogen-bond donors (Lipinski definition) is 3. The smallest absolute Gasteiger partial charge is 0.234 e. The maximum absolute atomic E-state index is 11.9. The van der Waals surface area contributed by atoms with E-state index in [0.717, 1.165) is 57.9 Å². The van der Waals surface area contributed by atoms with Crippen LogP contribution in [0.5, 0.6) is 0 Å². The van der Waals surface area contributed by atoms with Gasteiger partial charge >= 0.3 is 0 Å². The van der Waals surface area contributed by atoms with Crippen molar-refractivity contribution in [2.24, 2.45) is 4.99 Å². The summed E-state index contributed by atoms with van der Waals surface area (Å²) in [7, 11) is 0. The topological polar surface area (TPSA) is 68.8 Å². The molecule has 1 aliphatic heterocycles. The van der Waals surface area contributed by atoms with Crippen LogP contribution in [0.25, 0.3) is 0 Å². The molecule has 0 radical (unpaired) electrons. The van der Waals surface area contributed by atoms with Crippen molar-refractivity contribution in [3.05, 3.63) is 22.4 Å². The Morgan fingerprint density at radius 2 is 2.04 bits per heavy atom. The van der Waals surface area contributed by atoms with Gasteiger partial charge in [-0.3, -0.25) is 14.7 Å². The van der Waals surface area contributed by atoms with Crippen LogP contribution in [0.1, 0.15) is 51.8 Å². The van der Waals surface area contributed by atoms with Crippen molar-refractivity contribution < 1.29 is 4.79 Å². The van der Waals surface area contributed by atoms with Crippen molar-refractivity contribution in [2.45, 2.75) is 58.4 Å². The van der Waals surface area contributed by atoms with Crippen LogP contribution in [0.15, 0.2) is 22.5 Å². The number of aliphatic imine (C=N–C) groups is 1. The van der Waals surface area contributed by atoms with Gasteiger partial charge in [0.1, 0.15) is 0 Å². The summed E-state index contributed by atoms with van der Waals surface area (Å²) < 4.78 is 0. The Balaban J connectivity index is 1.82. The highest BCUT2D eigenvalue weighted by atomic mass is 32.1. The molecule has 0 spiro atoms. The van der Waals surface area contributed by atoms with Gasteiger partial charge in [-0.05, 0) is 37.6 Å². The first-order valence-corrected chi connectivity index (χ1v) is 11.4. The van der Waals surface area contributed by atoms with Gasteiger partial charge in [-0.2, -0.15) is 0 Å². The molecule has 0 aliphatic carbocycles. The van der Waals surface area contributed by atoms with Gasteiger partial charge in [-0.15, -0.1) is 11.3 Å². The van der Waals surface area contributed by atoms with E-state index in [-0.39, 0.29) is 11.3 Å². The molecule has 1 aromatic rings. The second-order valence-corrected chi connectivity index (χ2v) is 9.05. The molecular weight excluding hydrogens is 370 g/mol. The van der Waals surface area contributed by atoms with Crippen LogP contribution in [-0.4, -0.2) is 62.1 Å². The zero-order chi connectivity index (χ0) is 20.4. The fraction of sp³-hybridized carbons (Fsp3) is 0.714. The van der Waals surface area contributed by atoms with Gasteiger partial charge in [0.15, 0.2) is 5.96 Å². The molecule has 0 saturated carbocycles. The van der Waals surface area contributed by atoms with Gasteiger partial charge in [0.2, 0.25) is 5.91 Å². The van der Waals surface area contributed by atoms with E-state index in [1.165, 1.54) is 4.88 Å². The first-order chi connectivity index (χ1) is 13.4. The number of hydrogen-bond acceptors (Lipinski definition) is 4. The molecule has 1 aliphatic rings. The minimum Gasteiger partial charge on any atom is -0.357 e. The zero-order valence-corrected chi connectivity index (χ0v) is 18.7. The number of likely N-dealkylation sites (tertiary alicyclic amines) is 1. The Morgan fingerprint density at radius 3 is 2.64 bits per heavy atom. The molecule has 7 heteroatoms. The zero-order valence-electron chi connectivity index (χ0n) is 17.9. The minimum absolute atomic E-state index is 0.0335. The monoisotopic (exact) mass is 407 g/mol. The summed E-state index contributed by atoms with van der Waals surface area (Å²) in [5.74, 6) is 1.03. The molecule has 0 aromatic carbocycles. The van der Waals surface area contributed by atoms with Crippen LogP contribution < -0.4 is 16.0 Å². The van der Waals surface area contributed by atoms with Crippen molar-refractivity contribution in [1.29, 1.82) is 0 Å². The Hall–Kier alpha value is -1.60. The van der Waals surface area contributed by atoms with Gasteiger partial charge in [-0.1, -0.05) is 26.8 Å². The lowest BCUT2D eigenvalue weighted by Gasteiger charge is -2.33. The highest BCUT2D eigenvalue weighted by molar-refractivity contribution is 7.10.